The first-order valence-electron chi connectivity index (χ1n) is 6.13. The van der Waals surface area contributed by atoms with E-state index in [-0.39, 0.29) is 6.61 Å². The lowest BCUT2D eigenvalue weighted by Crippen LogP contribution is -1.95. The first-order chi connectivity index (χ1) is 9.78. The maximum Gasteiger partial charge on any atom is 0.0961 e. The van der Waals surface area contributed by atoms with Crippen LogP contribution in [0.2, 0.25) is 5.02 Å². The van der Waals surface area contributed by atoms with E-state index in [2.05, 4.69) is 10.1 Å². The lowest BCUT2D eigenvalue weighted by Gasteiger charge is -2.00. The third kappa shape index (κ3) is 2.43. The van der Waals surface area contributed by atoms with Crippen LogP contribution in [0.5, 0.6) is 0 Å². The minimum absolute atomic E-state index is 0.113. The Morgan fingerprint density at radius 2 is 1.75 bits per heavy atom. The van der Waals surface area contributed by atoms with E-state index < -0.39 is 0 Å². The van der Waals surface area contributed by atoms with Crippen molar-refractivity contribution in [3.8, 4) is 16.8 Å². The van der Waals surface area contributed by atoms with Crippen LogP contribution in [-0.4, -0.2) is 19.9 Å². The molecule has 0 aliphatic rings. The number of aromatic nitrogens is 3. The van der Waals surface area contributed by atoms with Gasteiger partial charge >= 0.3 is 0 Å². The number of hydrogen-bond acceptors (Lipinski definition) is 3. The zero-order valence-corrected chi connectivity index (χ0v) is 11.3. The molecule has 0 saturated carbocycles. The maximum atomic E-state index is 9.47. The molecule has 3 aromatic rings. The van der Waals surface area contributed by atoms with Crippen molar-refractivity contribution < 1.29 is 5.11 Å². The normalized spacial score (nSPS) is 10.7. The predicted octanol–water partition coefficient (Wildman–Crippen LogP) is 3.08. The summed E-state index contributed by atoms with van der Waals surface area (Å²) in [5.74, 6) is 0. The van der Waals surface area contributed by atoms with Crippen molar-refractivity contribution in [2.75, 3.05) is 0 Å². The highest BCUT2D eigenvalue weighted by molar-refractivity contribution is 6.30. The SMILES string of the molecule is OCc1nn(-c2ccc(Cl)cc2)cc1-c1ccncc1. The molecular formula is C15H12ClN3O. The van der Waals surface area contributed by atoms with Crippen LogP contribution in [-0.2, 0) is 6.61 Å². The van der Waals surface area contributed by atoms with E-state index in [9.17, 15) is 5.11 Å². The van der Waals surface area contributed by atoms with Crippen molar-refractivity contribution in [1.82, 2.24) is 14.8 Å². The van der Waals surface area contributed by atoms with Crippen LogP contribution in [0.4, 0.5) is 0 Å². The molecule has 0 spiro atoms. The van der Waals surface area contributed by atoms with Crippen LogP contribution in [0.25, 0.3) is 16.8 Å². The Morgan fingerprint density at radius 3 is 2.40 bits per heavy atom. The van der Waals surface area contributed by atoms with Gasteiger partial charge in [0.25, 0.3) is 0 Å². The molecule has 0 amide bonds. The fourth-order valence-electron chi connectivity index (χ4n) is 2.03. The third-order valence-electron chi connectivity index (χ3n) is 3.02. The topological polar surface area (TPSA) is 50.9 Å². The molecular weight excluding hydrogens is 274 g/mol. The summed E-state index contributed by atoms with van der Waals surface area (Å²) in [4.78, 5) is 4.00. The number of nitrogens with zero attached hydrogens (tertiary/aromatic N) is 3. The van der Waals surface area contributed by atoms with E-state index in [0.717, 1.165) is 16.8 Å². The van der Waals surface area contributed by atoms with Crippen LogP contribution >= 0.6 is 11.6 Å². The van der Waals surface area contributed by atoms with Gasteiger partial charge in [0.05, 0.1) is 18.0 Å². The summed E-state index contributed by atoms with van der Waals surface area (Å²) in [7, 11) is 0. The summed E-state index contributed by atoms with van der Waals surface area (Å²) < 4.78 is 1.73. The van der Waals surface area contributed by atoms with E-state index in [4.69, 9.17) is 11.6 Å². The van der Waals surface area contributed by atoms with Crippen LogP contribution < -0.4 is 0 Å². The lowest BCUT2D eigenvalue weighted by molar-refractivity contribution is 0.276. The van der Waals surface area contributed by atoms with Gasteiger partial charge in [0, 0.05) is 29.2 Å². The minimum atomic E-state index is -0.113. The zero-order chi connectivity index (χ0) is 13.9. The zero-order valence-electron chi connectivity index (χ0n) is 10.6. The van der Waals surface area contributed by atoms with Crippen LogP contribution in [0.3, 0.4) is 0 Å². The highest BCUT2D eigenvalue weighted by atomic mass is 35.5. The van der Waals surface area contributed by atoms with Crippen molar-refractivity contribution in [1.29, 1.82) is 0 Å². The highest BCUT2D eigenvalue weighted by Gasteiger charge is 2.11. The van der Waals surface area contributed by atoms with E-state index >= 15 is 0 Å². The van der Waals surface area contributed by atoms with Gasteiger partial charge < -0.3 is 5.11 Å². The van der Waals surface area contributed by atoms with Gasteiger partial charge in [-0.2, -0.15) is 5.10 Å². The Morgan fingerprint density at radius 1 is 1.05 bits per heavy atom. The van der Waals surface area contributed by atoms with Crippen LogP contribution in [0.15, 0.2) is 55.0 Å². The number of benzene rings is 1. The van der Waals surface area contributed by atoms with Crippen molar-refractivity contribution in [2.24, 2.45) is 0 Å². The Balaban J connectivity index is 2.07. The third-order valence-corrected chi connectivity index (χ3v) is 3.27. The monoisotopic (exact) mass is 285 g/mol. The van der Waals surface area contributed by atoms with E-state index in [1.165, 1.54) is 0 Å². The predicted molar refractivity (Wildman–Crippen MR) is 77.7 cm³/mol. The van der Waals surface area contributed by atoms with E-state index in [1.807, 2.05) is 42.6 Å². The molecule has 5 heteroatoms. The fourth-order valence-corrected chi connectivity index (χ4v) is 2.15. The number of pyridine rings is 1. The number of aliphatic hydroxyl groups excluding tert-OH is 1. The first kappa shape index (κ1) is 12.8. The van der Waals surface area contributed by atoms with Gasteiger partial charge in [-0.15, -0.1) is 0 Å². The van der Waals surface area contributed by atoms with Crippen molar-refractivity contribution in [2.45, 2.75) is 6.61 Å². The quantitative estimate of drug-likeness (QED) is 0.804. The summed E-state index contributed by atoms with van der Waals surface area (Å²) in [6.07, 6.45) is 5.33. The molecule has 0 saturated heterocycles. The number of aliphatic hydroxyl groups is 1. The molecule has 0 unspecified atom stereocenters. The summed E-state index contributed by atoms with van der Waals surface area (Å²) >= 11 is 5.88. The van der Waals surface area contributed by atoms with Crippen molar-refractivity contribution in [3.63, 3.8) is 0 Å². The first-order valence-corrected chi connectivity index (χ1v) is 6.51. The molecule has 100 valence electrons. The van der Waals surface area contributed by atoms with Crippen molar-refractivity contribution >= 4 is 11.6 Å². The maximum absolute atomic E-state index is 9.47. The lowest BCUT2D eigenvalue weighted by atomic mass is 10.1. The molecule has 1 N–H and O–H groups in total. The molecule has 2 heterocycles. The highest BCUT2D eigenvalue weighted by Crippen LogP contribution is 2.24. The van der Waals surface area contributed by atoms with Gasteiger partial charge in [-0.3, -0.25) is 4.98 Å². The summed E-state index contributed by atoms with van der Waals surface area (Å²) in [5, 5.41) is 14.6. The molecule has 0 fully saturated rings. The Hall–Kier alpha value is -2.17. The summed E-state index contributed by atoms with van der Waals surface area (Å²) in [6, 6.07) is 11.2. The molecule has 0 aliphatic carbocycles. The molecule has 0 radical (unpaired) electrons. The van der Waals surface area contributed by atoms with Gasteiger partial charge in [-0.25, -0.2) is 4.68 Å². The average Bonchev–Trinajstić information content (AvgIpc) is 2.93. The number of rotatable bonds is 3. The Kier molecular flexibility index (Phi) is 3.50. The minimum Gasteiger partial charge on any atom is -0.390 e. The van der Waals surface area contributed by atoms with E-state index in [1.54, 1.807) is 17.1 Å². The van der Waals surface area contributed by atoms with Gasteiger partial charge in [-0.1, -0.05) is 11.6 Å². The molecule has 1 aromatic carbocycles. The molecule has 2 aromatic heterocycles. The van der Waals surface area contributed by atoms with Crippen LogP contribution in [0, 0.1) is 0 Å². The number of halogens is 1. The average molecular weight is 286 g/mol. The van der Waals surface area contributed by atoms with Crippen LogP contribution in [0.1, 0.15) is 5.69 Å². The van der Waals surface area contributed by atoms with Gasteiger partial charge in [-0.05, 0) is 42.0 Å². The standard InChI is InChI=1S/C15H12ClN3O/c16-12-1-3-13(4-2-12)19-9-14(15(10-20)18-19)11-5-7-17-8-6-11/h1-9,20H,10H2. The molecule has 4 nitrogen and oxygen atoms in total. The van der Waals surface area contributed by atoms with E-state index in [0.29, 0.717) is 10.7 Å². The molecule has 0 aliphatic heterocycles. The van der Waals surface area contributed by atoms with Gasteiger partial charge in [0.15, 0.2) is 0 Å². The van der Waals surface area contributed by atoms with Gasteiger partial charge in [0.2, 0.25) is 0 Å². The largest absolute Gasteiger partial charge is 0.390 e. The second kappa shape index (κ2) is 5.45. The fraction of sp³-hybridized carbons (Fsp3) is 0.0667. The molecule has 0 bridgehead atoms. The summed E-state index contributed by atoms with van der Waals surface area (Å²) in [6.45, 7) is -0.113. The molecule has 3 rings (SSSR count). The molecule has 0 atom stereocenters. The van der Waals surface area contributed by atoms with Gasteiger partial charge in [0.1, 0.15) is 0 Å². The Labute approximate surface area is 121 Å². The smallest absolute Gasteiger partial charge is 0.0961 e. The van der Waals surface area contributed by atoms with Crippen molar-refractivity contribution in [3.05, 3.63) is 65.7 Å². The Bertz CT molecular complexity index is 708. The second-order valence-corrected chi connectivity index (χ2v) is 4.74. The summed E-state index contributed by atoms with van der Waals surface area (Å²) in [5.41, 5.74) is 3.39. The number of hydrogen-bond donors (Lipinski definition) is 1. The molecule has 20 heavy (non-hydrogen) atoms. The second-order valence-electron chi connectivity index (χ2n) is 4.30.